The Hall–Kier alpha value is -3.38. The molecule has 0 unspecified atom stereocenters. The molecule has 17 nitrogen and oxygen atoms in total. The van der Waals surface area contributed by atoms with E-state index in [0.29, 0.717) is 103 Å². The average Bonchev–Trinajstić information content (AvgIpc) is 3.88. The minimum Gasteiger partial charge on any atom is -0.480 e. The maximum Gasteiger partial charge on any atom is 0.326 e. The molecule has 0 spiro atoms. The van der Waals surface area contributed by atoms with Crippen molar-refractivity contribution in [2.24, 2.45) is 28.9 Å². The zero-order chi connectivity index (χ0) is 37.0. The molecule has 3 heterocycles. The van der Waals surface area contributed by atoms with E-state index in [9.17, 15) is 33.9 Å². The number of unbranched alkanes of at least 4 members (excludes halogenated alkanes) is 1. The third kappa shape index (κ3) is 10.8. The fraction of sp³-hybridized carbons (Fsp3) is 0.818. The SMILES string of the molecule is CC[C@H](C)[C@H](NC(=O)[C@H](CCCCN)NC(=O)[C@@H]1CCCN1C(=O)[C@@H](N)CCCNC(N)N)C(=O)N1CCC[C@H]1C(=O)N1CCC[C@H]1C(=O)O. The van der Waals surface area contributed by atoms with Gasteiger partial charge in [0.2, 0.25) is 29.5 Å². The predicted molar refractivity (Wildman–Crippen MR) is 185 cm³/mol. The topological polar surface area (TPSA) is 273 Å². The molecular weight excluding hydrogens is 648 g/mol. The number of nitrogens with two attached hydrogens (primary N) is 4. The minimum atomic E-state index is -1.06. The lowest BCUT2D eigenvalue weighted by Gasteiger charge is -2.34. The van der Waals surface area contributed by atoms with Crippen LogP contribution in [0.25, 0.3) is 0 Å². The molecule has 12 N–H and O–H groups in total. The molecule has 50 heavy (non-hydrogen) atoms. The van der Waals surface area contributed by atoms with Crippen molar-refractivity contribution in [1.29, 1.82) is 0 Å². The van der Waals surface area contributed by atoms with Gasteiger partial charge in [0, 0.05) is 19.6 Å². The number of likely N-dealkylation sites (tertiary alicyclic amines) is 3. The van der Waals surface area contributed by atoms with Crippen LogP contribution in [0.2, 0.25) is 0 Å². The van der Waals surface area contributed by atoms with Crippen LogP contribution in [0, 0.1) is 5.92 Å². The lowest BCUT2D eigenvalue weighted by molar-refractivity contribution is -0.152. The Labute approximate surface area is 294 Å². The van der Waals surface area contributed by atoms with Crippen LogP contribution in [-0.4, -0.2) is 131 Å². The summed E-state index contributed by atoms with van der Waals surface area (Å²) < 4.78 is 0. The van der Waals surface area contributed by atoms with E-state index in [1.807, 2.05) is 13.8 Å². The Morgan fingerprint density at radius 1 is 0.780 bits per heavy atom. The number of hydrogen-bond acceptors (Lipinski definition) is 11. The first-order valence-electron chi connectivity index (χ1n) is 18.3. The molecule has 3 rings (SSSR count). The molecule has 3 aliphatic heterocycles. The number of amides is 5. The summed E-state index contributed by atoms with van der Waals surface area (Å²) >= 11 is 0. The molecule has 3 aliphatic rings. The van der Waals surface area contributed by atoms with E-state index in [-0.39, 0.29) is 24.2 Å². The molecule has 0 aliphatic carbocycles. The summed E-state index contributed by atoms with van der Waals surface area (Å²) in [5.41, 5.74) is 22.9. The molecule has 0 saturated carbocycles. The molecule has 0 aromatic carbocycles. The molecule has 5 amide bonds. The van der Waals surface area contributed by atoms with Gasteiger partial charge in [-0.2, -0.15) is 0 Å². The van der Waals surface area contributed by atoms with Crippen LogP contribution in [-0.2, 0) is 28.8 Å². The summed E-state index contributed by atoms with van der Waals surface area (Å²) in [6.07, 6.45) is 5.20. The molecule has 0 aromatic rings. The van der Waals surface area contributed by atoms with E-state index < -0.39 is 66.2 Å². The third-order valence-corrected chi connectivity index (χ3v) is 10.2. The Morgan fingerprint density at radius 3 is 1.98 bits per heavy atom. The van der Waals surface area contributed by atoms with Crippen molar-refractivity contribution in [3.05, 3.63) is 0 Å². The van der Waals surface area contributed by atoms with Gasteiger partial charge >= 0.3 is 5.97 Å². The van der Waals surface area contributed by atoms with Gasteiger partial charge in [0.15, 0.2) is 0 Å². The van der Waals surface area contributed by atoms with E-state index in [1.54, 1.807) is 0 Å². The summed E-state index contributed by atoms with van der Waals surface area (Å²) in [6, 6.07) is -5.30. The largest absolute Gasteiger partial charge is 0.480 e. The number of nitrogens with zero attached hydrogens (tertiary/aromatic N) is 3. The van der Waals surface area contributed by atoms with Gasteiger partial charge in [0.1, 0.15) is 36.5 Å². The molecule has 0 bridgehead atoms. The monoisotopic (exact) mass is 708 g/mol. The van der Waals surface area contributed by atoms with Crippen molar-refractivity contribution >= 4 is 35.5 Å². The smallest absolute Gasteiger partial charge is 0.326 e. The van der Waals surface area contributed by atoms with Gasteiger partial charge < -0.3 is 53.4 Å². The number of aliphatic carboxylic acids is 1. The number of rotatable bonds is 19. The van der Waals surface area contributed by atoms with E-state index in [0.717, 1.165) is 0 Å². The molecule has 3 saturated heterocycles. The first-order chi connectivity index (χ1) is 23.8. The van der Waals surface area contributed by atoms with Crippen LogP contribution in [0.5, 0.6) is 0 Å². The fourth-order valence-electron chi connectivity index (χ4n) is 7.14. The second-order valence-corrected chi connectivity index (χ2v) is 13.9. The number of hydrogen-bond donors (Lipinski definition) is 8. The summed E-state index contributed by atoms with van der Waals surface area (Å²) in [5, 5.41) is 18.2. The number of nitrogens with one attached hydrogen (secondary N) is 3. The van der Waals surface area contributed by atoms with Crippen LogP contribution in [0.4, 0.5) is 0 Å². The third-order valence-electron chi connectivity index (χ3n) is 10.2. The number of carboxylic acid groups (broad SMARTS) is 1. The highest BCUT2D eigenvalue weighted by Crippen LogP contribution is 2.27. The first kappa shape index (κ1) is 41.0. The lowest BCUT2D eigenvalue weighted by Crippen LogP contribution is -2.60. The van der Waals surface area contributed by atoms with Crippen molar-refractivity contribution < 1.29 is 33.9 Å². The molecule has 7 atom stereocenters. The molecule has 17 heteroatoms. The zero-order valence-electron chi connectivity index (χ0n) is 29.7. The van der Waals surface area contributed by atoms with Gasteiger partial charge in [-0.25, -0.2) is 4.79 Å². The van der Waals surface area contributed by atoms with Gasteiger partial charge in [-0.3, -0.25) is 29.3 Å². The Morgan fingerprint density at radius 2 is 1.38 bits per heavy atom. The second kappa shape index (κ2) is 19.9. The molecular formula is C33H60N10O7. The van der Waals surface area contributed by atoms with Crippen molar-refractivity contribution in [3.8, 4) is 0 Å². The van der Waals surface area contributed by atoms with Crippen molar-refractivity contribution in [2.45, 2.75) is 133 Å². The Balaban J connectivity index is 1.72. The summed E-state index contributed by atoms with van der Waals surface area (Å²) in [7, 11) is 0. The lowest BCUT2D eigenvalue weighted by atomic mass is 9.96. The second-order valence-electron chi connectivity index (χ2n) is 13.9. The van der Waals surface area contributed by atoms with Crippen molar-refractivity contribution in [2.75, 3.05) is 32.7 Å². The first-order valence-corrected chi connectivity index (χ1v) is 18.3. The zero-order valence-corrected chi connectivity index (χ0v) is 29.7. The Kier molecular flexibility index (Phi) is 16.3. The molecule has 284 valence electrons. The van der Waals surface area contributed by atoms with Gasteiger partial charge in [-0.15, -0.1) is 0 Å². The molecule has 0 radical (unpaired) electrons. The average molecular weight is 709 g/mol. The van der Waals surface area contributed by atoms with Crippen molar-refractivity contribution in [3.63, 3.8) is 0 Å². The quantitative estimate of drug-likeness (QED) is 0.0539. The fourth-order valence-corrected chi connectivity index (χ4v) is 7.14. The van der Waals surface area contributed by atoms with Crippen LogP contribution in [0.15, 0.2) is 0 Å². The van der Waals surface area contributed by atoms with Gasteiger partial charge in [-0.1, -0.05) is 20.3 Å². The maximum atomic E-state index is 14.1. The van der Waals surface area contributed by atoms with Gasteiger partial charge in [0.25, 0.3) is 0 Å². The summed E-state index contributed by atoms with van der Waals surface area (Å²) in [6.45, 7) is 5.62. The highest BCUT2D eigenvalue weighted by molar-refractivity contribution is 5.97. The summed E-state index contributed by atoms with van der Waals surface area (Å²) in [4.78, 5) is 84.5. The number of carbonyl (C=O) groups is 6. The van der Waals surface area contributed by atoms with Gasteiger partial charge in [-0.05, 0) is 89.6 Å². The normalized spacial score (nSPS) is 23.1. The highest BCUT2D eigenvalue weighted by Gasteiger charge is 2.45. The van der Waals surface area contributed by atoms with E-state index in [2.05, 4.69) is 16.0 Å². The predicted octanol–water partition coefficient (Wildman–Crippen LogP) is -1.91. The van der Waals surface area contributed by atoms with Crippen molar-refractivity contribution in [1.82, 2.24) is 30.7 Å². The van der Waals surface area contributed by atoms with E-state index >= 15 is 0 Å². The Bertz CT molecular complexity index is 1190. The van der Waals surface area contributed by atoms with Crippen LogP contribution >= 0.6 is 0 Å². The summed E-state index contributed by atoms with van der Waals surface area (Å²) in [5.74, 6) is -3.51. The van der Waals surface area contributed by atoms with Crippen LogP contribution in [0.3, 0.4) is 0 Å². The van der Waals surface area contributed by atoms with Gasteiger partial charge in [0.05, 0.1) is 6.04 Å². The maximum absolute atomic E-state index is 14.1. The highest BCUT2D eigenvalue weighted by atomic mass is 16.4. The van der Waals surface area contributed by atoms with Crippen LogP contribution < -0.4 is 38.9 Å². The minimum absolute atomic E-state index is 0.267. The van der Waals surface area contributed by atoms with E-state index in [4.69, 9.17) is 22.9 Å². The standard InChI is InChI=1S/C33H60N10O7/c1-3-20(2)26(31(48)42-18-8-13-24(42)30(47)43-19-9-14-25(43)32(49)50)40-27(44)22(11-4-5-15-34)39-28(45)23-12-7-17-41(23)29(46)21(35)10-6-16-38-33(36)37/h20-26,33,38H,3-19,34-37H2,1-2H3,(H,39,45)(H,40,44)(H,49,50)/t20-,21-,22-,23-,24-,25-,26-/m0/s1. The number of carbonyl (C=O) groups excluding carboxylic acids is 5. The molecule has 0 aromatic heterocycles. The van der Waals surface area contributed by atoms with Crippen LogP contribution in [0.1, 0.15) is 90.9 Å². The number of carboxylic acids is 1. The van der Waals surface area contributed by atoms with E-state index in [1.165, 1.54) is 14.7 Å². The molecule has 3 fully saturated rings.